The highest BCUT2D eigenvalue weighted by molar-refractivity contribution is 5.68. The summed E-state index contributed by atoms with van der Waals surface area (Å²) in [7, 11) is 0. The van der Waals surface area contributed by atoms with Crippen molar-refractivity contribution in [3.05, 3.63) is 77.4 Å². The Hall–Kier alpha value is -2.35. The molecular weight excluding hydrogens is 400 g/mol. The maximum Gasteiger partial charge on any atom is 0.140 e. The molecule has 2 aromatic rings. The van der Waals surface area contributed by atoms with Crippen molar-refractivity contribution < 1.29 is 0 Å². The molecule has 0 saturated heterocycles. The van der Waals surface area contributed by atoms with Gasteiger partial charge in [-0.3, -0.25) is 4.57 Å². The topological polar surface area (TPSA) is 17.8 Å². The molecule has 0 bridgehead atoms. The summed E-state index contributed by atoms with van der Waals surface area (Å²) in [6.07, 6.45) is 18.9. The van der Waals surface area contributed by atoms with E-state index in [1.807, 2.05) is 33.9 Å². The zero-order valence-electron chi connectivity index (χ0n) is 23.4. The normalized spacial score (nSPS) is 15.4. The van der Waals surface area contributed by atoms with Crippen molar-refractivity contribution >= 4 is 5.57 Å². The summed E-state index contributed by atoms with van der Waals surface area (Å²) < 4.78 is 2.27. The van der Waals surface area contributed by atoms with Crippen molar-refractivity contribution in [3.8, 4) is 5.69 Å². The largest absolute Gasteiger partial charge is 0.300 e. The van der Waals surface area contributed by atoms with Gasteiger partial charge in [-0.2, -0.15) is 0 Å². The summed E-state index contributed by atoms with van der Waals surface area (Å²) in [6, 6.07) is 4.50. The number of benzene rings is 1. The summed E-state index contributed by atoms with van der Waals surface area (Å²) in [5.74, 6) is 2.03. The first-order valence-electron chi connectivity index (χ1n) is 13.1. The van der Waals surface area contributed by atoms with Gasteiger partial charge < -0.3 is 0 Å². The molecule has 0 aliphatic heterocycles. The Balaban J connectivity index is 0.00000113. The second kappa shape index (κ2) is 17.2. The highest BCUT2D eigenvalue weighted by atomic mass is 15.1. The molecule has 0 fully saturated rings. The lowest BCUT2D eigenvalue weighted by atomic mass is 9.81. The van der Waals surface area contributed by atoms with E-state index in [0.29, 0.717) is 11.8 Å². The monoisotopic (exact) mass is 450 g/mol. The van der Waals surface area contributed by atoms with Gasteiger partial charge in [0, 0.05) is 12.4 Å². The lowest BCUT2D eigenvalue weighted by Gasteiger charge is -2.26. The number of aromatic nitrogens is 2. The van der Waals surface area contributed by atoms with Crippen LogP contribution in [0.25, 0.3) is 11.3 Å². The van der Waals surface area contributed by atoms with Crippen molar-refractivity contribution in [3.63, 3.8) is 0 Å². The highest BCUT2D eigenvalue weighted by Gasteiger charge is 2.25. The number of aryl methyl sites for hydroxylation is 3. The first kappa shape index (κ1) is 30.6. The van der Waals surface area contributed by atoms with Crippen LogP contribution in [0.3, 0.4) is 0 Å². The summed E-state index contributed by atoms with van der Waals surface area (Å²) in [5, 5.41) is 0. The number of nitrogens with zero attached hydrogens (tertiary/aromatic N) is 2. The maximum atomic E-state index is 4.75. The fraction of sp³-hybridized carbons (Fsp3) is 0.516. The number of hydrogen-bond donors (Lipinski definition) is 0. The van der Waals surface area contributed by atoms with Crippen LogP contribution in [-0.2, 0) is 0 Å². The molecular formula is C31H50N2. The molecule has 33 heavy (non-hydrogen) atoms. The van der Waals surface area contributed by atoms with Crippen LogP contribution in [0.4, 0.5) is 0 Å². The number of hydrogen-bond acceptors (Lipinski definition) is 1. The summed E-state index contributed by atoms with van der Waals surface area (Å²) in [6.45, 7) is 23.3. The van der Waals surface area contributed by atoms with Gasteiger partial charge >= 0.3 is 0 Å². The molecule has 0 N–H and O–H groups in total. The first-order valence-corrected chi connectivity index (χ1v) is 13.1. The van der Waals surface area contributed by atoms with E-state index in [2.05, 4.69) is 102 Å². The zero-order chi connectivity index (χ0) is 25.4. The van der Waals surface area contributed by atoms with Gasteiger partial charge in [0.1, 0.15) is 5.82 Å². The number of unbranched alkanes of at least 4 members (excludes halogenated alkanes) is 1. The summed E-state index contributed by atoms with van der Waals surface area (Å²) >= 11 is 0. The van der Waals surface area contributed by atoms with E-state index in [1.54, 1.807) is 0 Å². The van der Waals surface area contributed by atoms with E-state index in [0.717, 1.165) is 12.2 Å². The van der Waals surface area contributed by atoms with Crippen molar-refractivity contribution in [1.29, 1.82) is 0 Å². The minimum atomic E-state index is 0.466. The number of allylic oxidation sites excluding steroid dienone is 6. The van der Waals surface area contributed by atoms with Crippen molar-refractivity contribution in [1.82, 2.24) is 9.55 Å². The Labute approximate surface area is 205 Å². The molecule has 0 radical (unpaired) electrons. The van der Waals surface area contributed by atoms with E-state index in [-0.39, 0.29) is 0 Å². The van der Waals surface area contributed by atoms with Gasteiger partial charge in [-0.25, -0.2) is 4.98 Å². The Bertz CT molecular complexity index is 855. The van der Waals surface area contributed by atoms with Crippen LogP contribution in [0.5, 0.6) is 0 Å². The third-order valence-corrected chi connectivity index (χ3v) is 5.61. The maximum absolute atomic E-state index is 4.75. The number of imidazole rings is 1. The van der Waals surface area contributed by atoms with Gasteiger partial charge in [-0.15, -0.1) is 0 Å². The molecule has 2 nitrogen and oxygen atoms in total. The summed E-state index contributed by atoms with van der Waals surface area (Å²) in [5.41, 5.74) is 6.48. The molecule has 1 aromatic heterocycles. The molecule has 1 aliphatic carbocycles. The van der Waals surface area contributed by atoms with Gasteiger partial charge in [0.05, 0.1) is 5.69 Å². The third-order valence-electron chi connectivity index (χ3n) is 5.61. The van der Waals surface area contributed by atoms with E-state index < -0.39 is 0 Å². The second-order valence-electron chi connectivity index (χ2n) is 8.15. The molecule has 1 heterocycles. The van der Waals surface area contributed by atoms with E-state index in [9.17, 15) is 0 Å². The Kier molecular flexibility index (Phi) is 15.9. The predicted octanol–water partition coefficient (Wildman–Crippen LogP) is 9.83. The van der Waals surface area contributed by atoms with Crippen molar-refractivity contribution in [2.24, 2.45) is 11.8 Å². The van der Waals surface area contributed by atoms with E-state index in [1.165, 1.54) is 40.8 Å². The molecule has 184 valence electrons. The van der Waals surface area contributed by atoms with E-state index in [4.69, 9.17) is 4.98 Å². The van der Waals surface area contributed by atoms with Crippen LogP contribution in [-0.4, -0.2) is 9.55 Å². The van der Waals surface area contributed by atoms with Crippen LogP contribution in [0.15, 0.2) is 54.9 Å². The SMILES string of the molecule is CC.CC.CC=CC(C)C1CC=CC=C1c1nccn1-c1c(C)cc(C)cc1C.CCCC. The molecule has 0 saturated carbocycles. The average molecular weight is 451 g/mol. The smallest absolute Gasteiger partial charge is 0.140 e. The second-order valence-corrected chi connectivity index (χ2v) is 8.15. The molecule has 2 heteroatoms. The van der Waals surface area contributed by atoms with Gasteiger partial charge in [0.25, 0.3) is 0 Å². The molecule has 2 atom stereocenters. The van der Waals surface area contributed by atoms with Gasteiger partial charge in [0.15, 0.2) is 0 Å². The zero-order valence-corrected chi connectivity index (χ0v) is 23.4. The third kappa shape index (κ3) is 8.84. The molecule has 0 amide bonds. The van der Waals surface area contributed by atoms with Crippen molar-refractivity contribution in [2.45, 2.75) is 95.4 Å². The Morgan fingerprint density at radius 1 is 1.03 bits per heavy atom. The number of rotatable bonds is 5. The first-order chi connectivity index (χ1) is 15.9. The van der Waals surface area contributed by atoms with Crippen LogP contribution >= 0.6 is 0 Å². The van der Waals surface area contributed by atoms with Crippen LogP contribution in [0.2, 0.25) is 0 Å². The lowest BCUT2D eigenvalue weighted by Crippen LogP contribution is -2.16. The van der Waals surface area contributed by atoms with E-state index >= 15 is 0 Å². The minimum Gasteiger partial charge on any atom is -0.300 e. The van der Waals surface area contributed by atoms with Gasteiger partial charge in [-0.1, -0.05) is 109 Å². The Morgan fingerprint density at radius 2 is 1.61 bits per heavy atom. The fourth-order valence-corrected chi connectivity index (χ4v) is 4.07. The quantitative estimate of drug-likeness (QED) is 0.414. The predicted molar refractivity (Wildman–Crippen MR) is 150 cm³/mol. The molecule has 0 spiro atoms. The minimum absolute atomic E-state index is 0.466. The lowest BCUT2D eigenvalue weighted by molar-refractivity contribution is 0.526. The molecule has 3 rings (SSSR count). The Morgan fingerprint density at radius 3 is 2.12 bits per heavy atom. The van der Waals surface area contributed by atoms with Crippen LogP contribution in [0.1, 0.15) is 97.2 Å². The van der Waals surface area contributed by atoms with Crippen LogP contribution < -0.4 is 0 Å². The average Bonchev–Trinajstić information content (AvgIpc) is 3.30. The fourth-order valence-electron chi connectivity index (χ4n) is 4.07. The summed E-state index contributed by atoms with van der Waals surface area (Å²) in [4.78, 5) is 4.75. The molecule has 1 aliphatic rings. The van der Waals surface area contributed by atoms with Gasteiger partial charge in [0.2, 0.25) is 0 Å². The van der Waals surface area contributed by atoms with Crippen molar-refractivity contribution in [2.75, 3.05) is 0 Å². The van der Waals surface area contributed by atoms with Gasteiger partial charge in [-0.05, 0) is 62.7 Å². The molecule has 2 unspecified atom stereocenters. The standard InChI is InChI=1S/C23H28N2.C4H10.2C2H6/c1-6-9-17(3)20-10-7-8-11-21(20)23-24-12-13-25(23)22-18(4)14-16(2)15-19(22)5;1-3-4-2;2*1-2/h6-9,11-15,17,20H,10H2,1-5H3;3-4H2,1-2H3;2*1-2H3. The highest BCUT2D eigenvalue weighted by Crippen LogP contribution is 2.36. The van der Waals surface area contributed by atoms with Crippen LogP contribution in [0, 0.1) is 32.6 Å². The molecule has 1 aromatic carbocycles.